The summed E-state index contributed by atoms with van der Waals surface area (Å²) in [6.45, 7) is 17.4. The lowest BCUT2D eigenvalue weighted by Gasteiger charge is -2.30. The van der Waals surface area contributed by atoms with Gasteiger partial charge < -0.3 is 4.90 Å². The summed E-state index contributed by atoms with van der Waals surface area (Å²) in [7, 11) is 0. The highest BCUT2D eigenvalue weighted by Gasteiger charge is 2.24. The Morgan fingerprint density at radius 2 is 1.74 bits per heavy atom. The Morgan fingerprint density at radius 3 is 2.11 bits per heavy atom. The summed E-state index contributed by atoms with van der Waals surface area (Å²) >= 11 is 0. The van der Waals surface area contributed by atoms with Crippen LogP contribution in [0.5, 0.6) is 0 Å². The van der Waals surface area contributed by atoms with Crippen molar-refractivity contribution in [3.05, 3.63) is 0 Å². The van der Waals surface area contributed by atoms with E-state index < -0.39 is 5.54 Å². The molecule has 0 aliphatic rings. The molecule has 1 atom stereocenters. The average molecular weight is 267 g/mol. The molecule has 0 aliphatic carbocycles. The van der Waals surface area contributed by atoms with Gasteiger partial charge in [-0.25, -0.2) is 0 Å². The molecule has 0 fully saturated rings. The maximum atomic E-state index is 9.33. The van der Waals surface area contributed by atoms with E-state index in [9.17, 15) is 5.26 Å². The van der Waals surface area contributed by atoms with Crippen molar-refractivity contribution in [1.29, 1.82) is 5.26 Å². The third-order valence-electron chi connectivity index (χ3n) is 3.31. The fourth-order valence-electron chi connectivity index (χ4n) is 2.46. The van der Waals surface area contributed by atoms with Crippen LogP contribution in [0.3, 0.4) is 0 Å². The molecule has 0 bridgehead atoms. The van der Waals surface area contributed by atoms with Crippen molar-refractivity contribution in [2.24, 2.45) is 5.92 Å². The number of nitriles is 1. The fourth-order valence-corrected chi connectivity index (χ4v) is 2.46. The first-order chi connectivity index (χ1) is 8.70. The quantitative estimate of drug-likeness (QED) is 0.696. The van der Waals surface area contributed by atoms with Gasteiger partial charge in [-0.2, -0.15) is 5.26 Å². The zero-order valence-electron chi connectivity index (χ0n) is 14.0. The van der Waals surface area contributed by atoms with Gasteiger partial charge in [0.15, 0.2) is 0 Å². The number of nitrogens with one attached hydrogen (secondary N) is 1. The van der Waals surface area contributed by atoms with Crippen LogP contribution < -0.4 is 5.32 Å². The van der Waals surface area contributed by atoms with Gasteiger partial charge in [-0.1, -0.05) is 13.8 Å². The molecule has 0 aliphatic heterocycles. The molecule has 0 aromatic heterocycles. The van der Waals surface area contributed by atoms with Crippen LogP contribution in [0.1, 0.15) is 61.3 Å². The Balaban J connectivity index is 4.27. The van der Waals surface area contributed by atoms with Gasteiger partial charge in [-0.15, -0.1) is 0 Å². The van der Waals surface area contributed by atoms with Crippen LogP contribution in [0, 0.1) is 17.2 Å². The minimum absolute atomic E-state index is 0.349. The van der Waals surface area contributed by atoms with Crippen LogP contribution >= 0.6 is 0 Å². The predicted molar refractivity (Wildman–Crippen MR) is 83.1 cm³/mol. The summed E-state index contributed by atoms with van der Waals surface area (Å²) in [4.78, 5) is 2.51. The van der Waals surface area contributed by atoms with Crippen LogP contribution in [0.4, 0.5) is 0 Å². The Labute approximate surface area is 120 Å². The van der Waals surface area contributed by atoms with Gasteiger partial charge in [0, 0.05) is 18.6 Å². The Morgan fingerprint density at radius 1 is 1.16 bits per heavy atom. The second-order valence-corrected chi connectivity index (χ2v) is 6.83. The maximum absolute atomic E-state index is 9.33. The summed E-state index contributed by atoms with van der Waals surface area (Å²) in [5.41, 5.74) is -0.394. The lowest BCUT2D eigenvalue weighted by Crippen LogP contribution is -2.45. The van der Waals surface area contributed by atoms with Gasteiger partial charge in [0.1, 0.15) is 5.54 Å². The monoisotopic (exact) mass is 267 g/mol. The van der Waals surface area contributed by atoms with Crippen LogP contribution in [-0.2, 0) is 0 Å². The minimum Gasteiger partial charge on any atom is -0.301 e. The van der Waals surface area contributed by atoms with Gasteiger partial charge in [-0.05, 0) is 59.9 Å². The van der Waals surface area contributed by atoms with Crippen LogP contribution in [-0.4, -0.2) is 35.6 Å². The Kier molecular flexibility index (Phi) is 8.29. The van der Waals surface area contributed by atoms with Crippen LogP contribution in [0.25, 0.3) is 0 Å². The molecule has 112 valence electrons. The highest BCUT2D eigenvalue weighted by atomic mass is 15.1. The zero-order valence-corrected chi connectivity index (χ0v) is 14.0. The molecule has 0 saturated heterocycles. The van der Waals surface area contributed by atoms with Crippen LogP contribution in [0.15, 0.2) is 0 Å². The number of nitrogens with zero attached hydrogens (tertiary/aromatic N) is 2. The van der Waals surface area contributed by atoms with Crippen molar-refractivity contribution in [3.8, 4) is 6.07 Å². The van der Waals surface area contributed by atoms with E-state index in [1.807, 2.05) is 6.92 Å². The second-order valence-electron chi connectivity index (χ2n) is 6.83. The molecule has 0 aromatic rings. The Bertz CT molecular complexity index is 278. The van der Waals surface area contributed by atoms with E-state index in [-0.39, 0.29) is 0 Å². The summed E-state index contributed by atoms with van der Waals surface area (Å²) in [5, 5.41) is 12.7. The maximum Gasteiger partial charge on any atom is 0.104 e. The van der Waals surface area contributed by atoms with Gasteiger partial charge in [0.25, 0.3) is 0 Å². The molecule has 0 rings (SSSR count). The highest BCUT2D eigenvalue weighted by molar-refractivity contribution is 5.04. The van der Waals surface area contributed by atoms with E-state index in [2.05, 4.69) is 57.8 Å². The molecular formula is C16H33N3. The van der Waals surface area contributed by atoms with Gasteiger partial charge in [0.2, 0.25) is 0 Å². The summed E-state index contributed by atoms with van der Waals surface area (Å²) in [5.74, 6) is 0.693. The third-order valence-corrected chi connectivity index (χ3v) is 3.31. The Hall–Kier alpha value is -0.590. The van der Waals surface area contributed by atoms with E-state index in [0.29, 0.717) is 18.0 Å². The molecule has 0 spiro atoms. The molecule has 0 radical (unpaired) electrons. The largest absolute Gasteiger partial charge is 0.301 e. The lowest BCUT2D eigenvalue weighted by atomic mass is 9.96. The number of hydrogen-bond donors (Lipinski definition) is 1. The van der Waals surface area contributed by atoms with E-state index in [1.54, 1.807) is 0 Å². The smallest absolute Gasteiger partial charge is 0.104 e. The van der Waals surface area contributed by atoms with Gasteiger partial charge in [0.05, 0.1) is 6.07 Å². The summed E-state index contributed by atoms with van der Waals surface area (Å²) < 4.78 is 0. The van der Waals surface area contributed by atoms with E-state index in [0.717, 1.165) is 25.9 Å². The third kappa shape index (κ3) is 8.23. The standard InChI is InChI=1S/C16H33N3/c1-13(2)11-19(15(5)6)10-8-9-16(7,12-17)18-14(3)4/h13-15,18H,8-11H2,1-7H3. The normalized spacial score (nSPS) is 15.3. The van der Waals surface area contributed by atoms with Crippen molar-refractivity contribution < 1.29 is 0 Å². The first kappa shape index (κ1) is 18.4. The number of rotatable bonds is 9. The highest BCUT2D eigenvalue weighted by Crippen LogP contribution is 2.14. The molecule has 3 heteroatoms. The first-order valence-electron chi connectivity index (χ1n) is 7.63. The zero-order chi connectivity index (χ0) is 15.1. The molecule has 0 heterocycles. The van der Waals surface area contributed by atoms with Crippen molar-refractivity contribution in [2.45, 2.75) is 78.9 Å². The van der Waals surface area contributed by atoms with Crippen LogP contribution in [0.2, 0.25) is 0 Å². The summed E-state index contributed by atoms with van der Waals surface area (Å²) in [6.07, 6.45) is 1.97. The molecule has 3 nitrogen and oxygen atoms in total. The van der Waals surface area contributed by atoms with Gasteiger partial charge >= 0.3 is 0 Å². The van der Waals surface area contributed by atoms with Crippen molar-refractivity contribution in [1.82, 2.24) is 10.2 Å². The van der Waals surface area contributed by atoms with Crippen molar-refractivity contribution in [3.63, 3.8) is 0 Å². The van der Waals surface area contributed by atoms with Gasteiger partial charge in [-0.3, -0.25) is 5.32 Å². The average Bonchev–Trinajstić information content (AvgIpc) is 2.26. The fraction of sp³-hybridized carbons (Fsp3) is 0.938. The molecule has 19 heavy (non-hydrogen) atoms. The molecule has 0 aromatic carbocycles. The summed E-state index contributed by atoms with van der Waals surface area (Å²) in [6, 6.07) is 3.35. The second kappa shape index (κ2) is 8.55. The number of hydrogen-bond acceptors (Lipinski definition) is 3. The first-order valence-corrected chi connectivity index (χ1v) is 7.63. The van der Waals surface area contributed by atoms with E-state index >= 15 is 0 Å². The molecule has 0 saturated carbocycles. The van der Waals surface area contributed by atoms with E-state index in [1.165, 1.54) is 0 Å². The topological polar surface area (TPSA) is 39.1 Å². The van der Waals surface area contributed by atoms with Crippen molar-refractivity contribution in [2.75, 3.05) is 13.1 Å². The molecule has 0 amide bonds. The SMILES string of the molecule is CC(C)CN(CCCC(C)(C#N)NC(C)C)C(C)C. The molecule has 1 unspecified atom stereocenters. The minimum atomic E-state index is -0.394. The molecular weight excluding hydrogens is 234 g/mol. The lowest BCUT2D eigenvalue weighted by molar-refractivity contribution is 0.188. The van der Waals surface area contributed by atoms with E-state index in [4.69, 9.17) is 0 Å². The van der Waals surface area contributed by atoms with Crippen molar-refractivity contribution >= 4 is 0 Å². The predicted octanol–water partition coefficient (Wildman–Crippen LogP) is 3.41. The molecule has 1 N–H and O–H groups in total.